The van der Waals surface area contributed by atoms with E-state index in [4.69, 9.17) is 10.3 Å². The number of nitrogens with two attached hydrogens (primary N) is 1. The van der Waals surface area contributed by atoms with Crippen LogP contribution in [0.3, 0.4) is 0 Å². The van der Waals surface area contributed by atoms with Crippen molar-refractivity contribution in [3.63, 3.8) is 0 Å². The third kappa shape index (κ3) is 3.74. The predicted octanol–water partition coefficient (Wildman–Crippen LogP) is -0.521. The van der Waals surface area contributed by atoms with Crippen molar-refractivity contribution in [1.29, 1.82) is 0 Å². The van der Waals surface area contributed by atoms with Gasteiger partial charge >= 0.3 is 0 Å². The third-order valence-corrected chi connectivity index (χ3v) is 2.06. The Morgan fingerprint density at radius 3 is 2.22 bits per heavy atom. The fraction of sp³-hybridized carbons (Fsp3) is 1.00. The standard InChI is InChI=1S/C3H9NO3S2/c4-3(1-2-8)9(5,6)7/h3,8H,1-2,4H2,(H,5,6,7). The highest BCUT2D eigenvalue weighted by atomic mass is 32.2. The van der Waals surface area contributed by atoms with Gasteiger partial charge in [-0.1, -0.05) is 0 Å². The second-order valence-corrected chi connectivity index (χ2v) is 3.65. The zero-order valence-corrected chi connectivity index (χ0v) is 6.40. The van der Waals surface area contributed by atoms with Crippen LogP contribution in [0.15, 0.2) is 0 Å². The molecule has 1 unspecified atom stereocenters. The largest absolute Gasteiger partial charge is 0.313 e. The summed E-state index contributed by atoms with van der Waals surface area (Å²) in [5, 5.41) is -1.19. The normalized spacial score (nSPS) is 15.4. The van der Waals surface area contributed by atoms with Crippen molar-refractivity contribution < 1.29 is 13.0 Å². The summed E-state index contributed by atoms with van der Waals surface area (Å²) in [6.07, 6.45) is 0.169. The molecule has 56 valence electrons. The summed E-state index contributed by atoms with van der Waals surface area (Å²) < 4.78 is 28.5. The van der Waals surface area contributed by atoms with Crippen molar-refractivity contribution in [1.82, 2.24) is 0 Å². The van der Waals surface area contributed by atoms with E-state index in [1.54, 1.807) is 0 Å². The van der Waals surface area contributed by atoms with Crippen molar-refractivity contribution in [2.75, 3.05) is 5.75 Å². The van der Waals surface area contributed by atoms with Crippen LogP contribution in [0.4, 0.5) is 0 Å². The van der Waals surface area contributed by atoms with Crippen LogP contribution in [0.1, 0.15) is 6.42 Å². The number of thiol groups is 1. The highest BCUT2D eigenvalue weighted by molar-refractivity contribution is 7.86. The Hall–Kier alpha value is 0.220. The van der Waals surface area contributed by atoms with E-state index < -0.39 is 15.5 Å². The fourth-order valence-corrected chi connectivity index (χ4v) is 1.14. The molecule has 0 aromatic rings. The van der Waals surface area contributed by atoms with Gasteiger partial charge in [0.15, 0.2) is 0 Å². The van der Waals surface area contributed by atoms with Gasteiger partial charge in [0.1, 0.15) is 5.37 Å². The van der Waals surface area contributed by atoms with E-state index >= 15 is 0 Å². The summed E-state index contributed by atoms with van der Waals surface area (Å²) in [6.45, 7) is 0. The lowest BCUT2D eigenvalue weighted by atomic mass is 10.5. The Morgan fingerprint density at radius 2 is 2.11 bits per heavy atom. The fourth-order valence-electron chi connectivity index (χ4n) is 0.276. The highest BCUT2D eigenvalue weighted by Gasteiger charge is 2.15. The van der Waals surface area contributed by atoms with Gasteiger partial charge in [-0.25, -0.2) is 0 Å². The molecular weight excluding hydrogens is 162 g/mol. The molecule has 4 nitrogen and oxygen atoms in total. The first kappa shape index (κ1) is 9.22. The first-order valence-corrected chi connectivity index (χ1v) is 4.45. The van der Waals surface area contributed by atoms with Crippen molar-refractivity contribution >= 4 is 22.7 Å². The van der Waals surface area contributed by atoms with Gasteiger partial charge in [0, 0.05) is 0 Å². The van der Waals surface area contributed by atoms with Gasteiger partial charge in [-0.15, -0.1) is 0 Å². The van der Waals surface area contributed by atoms with Crippen LogP contribution in [0, 0.1) is 0 Å². The van der Waals surface area contributed by atoms with Crippen molar-refractivity contribution in [2.45, 2.75) is 11.8 Å². The van der Waals surface area contributed by atoms with Gasteiger partial charge in [-0.2, -0.15) is 21.0 Å². The summed E-state index contributed by atoms with van der Waals surface area (Å²) in [4.78, 5) is 0. The zero-order valence-electron chi connectivity index (χ0n) is 4.69. The summed E-state index contributed by atoms with van der Waals surface area (Å²) >= 11 is 3.74. The molecule has 0 bridgehead atoms. The molecule has 0 aliphatic heterocycles. The first-order valence-electron chi connectivity index (χ1n) is 2.31. The van der Waals surface area contributed by atoms with Crippen LogP contribution in [0.25, 0.3) is 0 Å². The number of rotatable bonds is 3. The molecule has 0 spiro atoms. The number of hydrogen-bond donors (Lipinski definition) is 3. The molecule has 0 saturated carbocycles. The van der Waals surface area contributed by atoms with Crippen LogP contribution in [0.2, 0.25) is 0 Å². The monoisotopic (exact) mass is 171 g/mol. The Labute approximate surface area is 59.6 Å². The van der Waals surface area contributed by atoms with Crippen LogP contribution in [-0.2, 0) is 10.1 Å². The summed E-state index contributed by atoms with van der Waals surface area (Å²) in [5.74, 6) is 0.348. The molecule has 0 aromatic heterocycles. The molecule has 0 rings (SSSR count). The minimum atomic E-state index is -4.04. The van der Waals surface area contributed by atoms with Crippen LogP contribution < -0.4 is 5.73 Å². The Bertz CT molecular complexity index is 164. The molecule has 0 aromatic carbocycles. The topological polar surface area (TPSA) is 80.4 Å². The minimum Gasteiger partial charge on any atom is -0.313 e. The second-order valence-electron chi connectivity index (χ2n) is 1.57. The van der Waals surface area contributed by atoms with Crippen LogP contribution in [0.5, 0.6) is 0 Å². The van der Waals surface area contributed by atoms with E-state index in [1.807, 2.05) is 0 Å². The smallest absolute Gasteiger partial charge is 0.280 e. The molecule has 6 heteroatoms. The zero-order chi connectivity index (χ0) is 7.49. The minimum absolute atomic E-state index is 0.169. The Kier molecular flexibility index (Phi) is 3.49. The second kappa shape index (κ2) is 3.40. The maximum absolute atomic E-state index is 10.1. The quantitative estimate of drug-likeness (QED) is 0.394. The third-order valence-electron chi connectivity index (χ3n) is 0.796. The summed E-state index contributed by atoms with van der Waals surface area (Å²) in [6, 6.07) is 0. The average molecular weight is 171 g/mol. The molecule has 0 saturated heterocycles. The van der Waals surface area contributed by atoms with Crippen LogP contribution in [-0.4, -0.2) is 24.1 Å². The van der Waals surface area contributed by atoms with Gasteiger partial charge in [0.05, 0.1) is 0 Å². The SMILES string of the molecule is NC(CCS)S(=O)(=O)O. The van der Waals surface area contributed by atoms with E-state index in [0.717, 1.165) is 0 Å². The molecule has 9 heavy (non-hydrogen) atoms. The molecule has 0 fully saturated rings. The molecule has 0 amide bonds. The van der Waals surface area contributed by atoms with E-state index in [1.165, 1.54) is 0 Å². The van der Waals surface area contributed by atoms with E-state index in [2.05, 4.69) is 12.6 Å². The first-order chi connectivity index (χ1) is 3.98. The highest BCUT2D eigenvalue weighted by Crippen LogP contribution is 1.96. The maximum Gasteiger partial charge on any atom is 0.280 e. The van der Waals surface area contributed by atoms with Crippen molar-refractivity contribution in [3.05, 3.63) is 0 Å². The van der Waals surface area contributed by atoms with Gasteiger partial charge < -0.3 is 5.73 Å². The molecule has 1 atom stereocenters. The lowest BCUT2D eigenvalue weighted by molar-refractivity contribution is 0.466. The van der Waals surface area contributed by atoms with Gasteiger partial charge in [0.2, 0.25) is 0 Å². The van der Waals surface area contributed by atoms with E-state index in [-0.39, 0.29) is 6.42 Å². The van der Waals surface area contributed by atoms with E-state index in [9.17, 15) is 8.42 Å². The van der Waals surface area contributed by atoms with Gasteiger partial charge in [-0.05, 0) is 12.2 Å². The van der Waals surface area contributed by atoms with Crippen LogP contribution >= 0.6 is 12.6 Å². The van der Waals surface area contributed by atoms with Crippen molar-refractivity contribution in [3.8, 4) is 0 Å². The predicted molar refractivity (Wildman–Crippen MR) is 38.0 cm³/mol. The molecule has 0 heterocycles. The average Bonchev–Trinajstić information content (AvgIpc) is 1.64. The number of hydrogen-bond acceptors (Lipinski definition) is 4. The van der Waals surface area contributed by atoms with Gasteiger partial charge in [-0.3, -0.25) is 4.55 Å². The summed E-state index contributed by atoms with van der Waals surface area (Å²) in [5.41, 5.74) is 4.97. The lowest BCUT2D eigenvalue weighted by Gasteiger charge is -2.03. The molecule has 3 N–H and O–H groups in total. The van der Waals surface area contributed by atoms with Gasteiger partial charge in [0.25, 0.3) is 10.1 Å². The molecule has 0 aliphatic carbocycles. The molecule has 0 radical (unpaired) electrons. The summed E-state index contributed by atoms with van der Waals surface area (Å²) in [7, 11) is -4.04. The lowest BCUT2D eigenvalue weighted by Crippen LogP contribution is -2.30. The maximum atomic E-state index is 10.1. The van der Waals surface area contributed by atoms with Crippen molar-refractivity contribution in [2.24, 2.45) is 5.73 Å². The van der Waals surface area contributed by atoms with E-state index in [0.29, 0.717) is 5.75 Å². The molecular formula is C3H9NO3S2. The Balaban J connectivity index is 3.90. The molecule has 0 aliphatic rings. The Morgan fingerprint density at radius 1 is 1.67 bits per heavy atom.